The van der Waals surface area contributed by atoms with Gasteiger partial charge in [0, 0.05) is 6.08 Å². The first-order valence-corrected chi connectivity index (χ1v) is 8.94. The number of ether oxygens (including phenoxy) is 4. The molecule has 0 saturated carbocycles. The van der Waals surface area contributed by atoms with E-state index in [0.29, 0.717) is 5.75 Å². The molecule has 1 saturated heterocycles. The van der Waals surface area contributed by atoms with Crippen molar-refractivity contribution in [3.05, 3.63) is 35.9 Å². The zero-order valence-electron chi connectivity index (χ0n) is 15.8. The number of rotatable bonds is 9. The van der Waals surface area contributed by atoms with E-state index >= 15 is 0 Å². The van der Waals surface area contributed by atoms with Crippen molar-refractivity contribution in [3.8, 4) is 5.75 Å². The molecule has 0 aromatic heterocycles. The summed E-state index contributed by atoms with van der Waals surface area (Å²) in [6.45, 7) is -1.34. The van der Waals surface area contributed by atoms with Crippen LogP contribution in [0.1, 0.15) is 5.56 Å². The molecule has 0 unspecified atom stereocenters. The fourth-order valence-corrected chi connectivity index (χ4v) is 2.56. The average molecular weight is 414 g/mol. The molecule has 10 nitrogen and oxygen atoms in total. The molecule has 1 aliphatic rings. The minimum atomic E-state index is -1.58. The van der Waals surface area contributed by atoms with E-state index in [9.17, 15) is 25.2 Å². The van der Waals surface area contributed by atoms with E-state index in [1.807, 2.05) is 0 Å². The van der Waals surface area contributed by atoms with Gasteiger partial charge in [-0.2, -0.15) is 0 Å². The molecule has 6 atom stereocenters. The molecule has 1 heterocycles. The first-order valence-electron chi connectivity index (χ1n) is 8.94. The molecule has 10 heteroatoms. The molecule has 1 aromatic rings. The Bertz CT molecular complexity index is 659. The van der Waals surface area contributed by atoms with E-state index in [0.717, 1.165) is 5.56 Å². The number of esters is 1. The van der Waals surface area contributed by atoms with E-state index in [1.54, 1.807) is 37.5 Å². The minimum absolute atomic E-state index is 0.372. The highest BCUT2D eigenvalue weighted by molar-refractivity contribution is 5.87. The maximum Gasteiger partial charge on any atom is 0.330 e. The standard InChI is InChI=1S/C19H26O10/c1-26-13-5-2-11(3-6-13)4-7-15(22)27-9-12(21)10-28-19-18(25)17(24)16(23)14(8-20)29-19/h2-7,12,14,16-21,23-25H,8-10H2,1H3/t12-,14-,16-,17+,18-,19-/m1/s1. The van der Waals surface area contributed by atoms with Gasteiger partial charge in [0.1, 0.15) is 42.9 Å². The smallest absolute Gasteiger partial charge is 0.330 e. The molecular weight excluding hydrogens is 388 g/mol. The molecule has 1 fully saturated rings. The van der Waals surface area contributed by atoms with Crippen LogP contribution in [0.3, 0.4) is 0 Å². The first-order chi connectivity index (χ1) is 13.8. The number of hydrogen-bond acceptors (Lipinski definition) is 10. The number of hydrogen-bond donors (Lipinski definition) is 5. The van der Waals surface area contributed by atoms with Crippen LogP contribution >= 0.6 is 0 Å². The van der Waals surface area contributed by atoms with Crippen LogP contribution in [0.25, 0.3) is 6.08 Å². The fourth-order valence-electron chi connectivity index (χ4n) is 2.56. The summed E-state index contributed by atoms with van der Waals surface area (Å²) in [4.78, 5) is 11.7. The Kier molecular flexibility index (Phi) is 8.99. The van der Waals surface area contributed by atoms with Gasteiger partial charge in [-0.25, -0.2) is 4.79 Å². The molecule has 0 aliphatic carbocycles. The quantitative estimate of drug-likeness (QED) is 0.236. The lowest BCUT2D eigenvalue weighted by molar-refractivity contribution is -0.304. The summed E-state index contributed by atoms with van der Waals surface area (Å²) < 4.78 is 20.2. The number of carbonyl (C=O) groups is 1. The molecule has 162 valence electrons. The van der Waals surface area contributed by atoms with Crippen molar-refractivity contribution < 1.29 is 49.3 Å². The number of methoxy groups -OCH3 is 1. The molecule has 0 radical (unpaired) electrons. The van der Waals surface area contributed by atoms with Gasteiger partial charge in [-0.05, 0) is 23.8 Å². The number of carbonyl (C=O) groups excluding carboxylic acids is 1. The van der Waals surface area contributed by atoms with Gasteiger partial charge in [0.2, 0.25) is 0 Å². The van der Waals surface area contributed by atoms with E-state index in [4.69, 9.17) is 24.1 Å². The zero-order valence-corrected chi connectivity index (χ0v) is 15.8. The summed E-state index contributed by atoms with van der Waals surface area (Å²) in [5.74, 6) is 0.0139. The number of benzene rings is 1. The Balaban J connectivity index is 1.73. The first kappa shape index (κ1) is 23.2. The second-order valence-electron chi connectivity index (χ2n) is 6.42. The summed E-state index contributed by atoms with van der Waals surface area (Å²) in [7, 11) is 1.55. The lowest BCUT2D eigenvalue weighted by Gasteiger charge is -2.39. The summed E-state index contributed by atoms with van der Waals surface area (Å²) in [5.41, 5.74) is 0.759. The molecule has 0 spiro atoms. The maximum absolute atomic E-state index is 11.7. The van der Waals surface area contributed by atoms with E-state index in [2.05, 4.69) is 0 Å². The van der Waals surface area contributed by atoms with Crippen LogP contribution in [-0.4, -0.2) is 95.2 Å². The van der Waals surface area contributed by atoms with Crippen molar-refractivity contribution >= 4 is 12.0 Å². The average Bonchev–Trinajstić information content (AvgIpc) is 2.74. The minimum Gasteiger partial charge on any atom is -0.497 e. The van der Waals surface area contributed by atoms with Crippen LogP contribution in [0.4, 0.5) is 0 Å². The maximum atomic E-state index is 11.7. The van der Waals surface area contributed by atoms with E-state index in [1.165, 1.54) is 6.08 Å². The summed E-state index contributed by atoms with van der Waals surface area (Å²) >= 11 is 0. The number of aliphatic hydroxyl groups excluding tert-OH is 5. The van der Waals surface area contributed by atoms with Gasteiger partial charge in [-0.15, -0.1) is 0 Å². The molecular formula is C19H26O10. The lowest BCUT2D eigenvalue weighted by atomic mass is 9.99. The Hall–Kier alpha value is -2.05. The van der Waals surface area contributed by atoms with E-state index < -0.39 is 49.4 Å². The zero-order chi connectivity index (χ0) is 21.4. The topological polar surface area (TPSA) is 155 Å². The molecule has 1 aliphatic heterocycles. The summed E-state index contributed by atoms with van der Waals surface area (Å²) in [5, 5.41) is 48.2. The normalized spacial score (nSPS) is 28.3. The van der Waals surface area contributed by atoms with Crippen LogP contribution in [0.2, 0.25) is 0 Å². The molecule has 1 aromatic carbocycles. The third-order valence-electron chi connectivity index (χ3n) is 4.25. The highest BCUT2D eigenvalue weighted by atomic mass is 16.7. The predicted octanol–water partition coefficient (Wildman–Crippen LogP) is -1.57. The molecule has 0 bridgehead atoms. The van der Waals surface area contributed by atoms with Crippen molar-refractivity contribution in [2.45, 2.75) is 36.8 Å². The van der Waals surface area contributed by atoms with Crippen LogP contribution < -0.4 is 4.74 Å². The summed E-state index contributed by atoms with van der Waals surface area (Å²) in [6, 6.07) is 6.99. The van der Waals surface area contributed by atoms with Gasteiger partial charge in [0.25, 0.3) is 0 Å². The molecule has 0 amide bonds. The van der Waals surface area contributed by atoms with Crippen molar-refractivity contribution in [1.82, 2.24) is 0 Å². The van der Waals surface area contributed by atoms with Gasteiger partial charge in [-0.3, -0.25) is 0 Å². The van der Waals surface area contributed by atoms with Crippen LogP contribution in [0.5, 0.6) is 5.75 Å². The SMILES string of the molecule is COc1ccc(C=CC(=O)OC[C@@H](O)CO[C@@H]2O[C@H](CO)[C@@H](O)[C@H](O)[C@H]2O)cc1. The largest absolute Gasteiger partial charge is 0.497 e. The highest BCUT2D eigenvalue weighted by Gasteiger charge is 2.44. The van der Waals surface area contributed by atoms with Gasteiger partial charge >= 0.3 is 5.97 Å². The molecule has 29 heavy (non-hydrogen) atoms. The second-order valence-corrected chi connectivity index (χ2v) is 6.42. The predicted molar refractivity (Wildman–Crippen MR) is 98.7 cm³/mol. The Morgan fingerprint density at radius 1 is 1.14 bits per heavy atom. The summed E-state index contributed by atoms with van der Waals surface area (Å²) in [6.07, 6.45) is -5.62. The monoisotopic (exact) mass is 414 g/mol. The van der Waals surface area contributed by atoms with Crippen molar-refractivity contribution in [2.75, 3.05) is 26.9 Å². The van der Waals surface area contributed by atoms with Crippen molar-refractivity contribution in [3.63, 3.8) is 0 Å². The van der Waals surface area contributed by atoms with Crippen LogP contribution in [0.15, 0.2) is 30.3 Å². The molecule has 5 N–H and O–H groups in total. The molecule has 2 rings (SSSR count). The Labute approximate surface area is 167 Å². The Morgan fingerprint density at radius 2 is 1.83 bits per heavy atom. The lowest BCUT2D eigenvalue weighted by Crippen LogP contribution is -2.59. The van der Waals surface area contributed by atoms with Crippen molar-refractivity contribution in [2.24, 2.45) is 0 Å². The highest BCUT2D eigenvalue weighted by Crippen LogP contribution is 2.22. The van der Waals surface area contributed by atoms with Gasteiger partial charge in [-0.1, -0.05) is 12.1 Å². The second kappa shape index (κ2) is 11.2. The fraction of sp³-hybridized carbons (Fsp3) is 0.526. The van der Waals surface area contributed by atoms with Crippen molar-refractivity contribution in [1.29, 1.82) is 0 Å². The van der Waals surface area contributed by atoms with Gasteiger partial charge < -0.3 is 44.5 Å². The third-order valence-corrected chi connectivity index (χ3v) is 4.25. The van der Waals surface area contributed by atoms with E-state index in [-0.39, 0.29) is 13.2 Å². The third kappa shape index (κ3) is 6.75. The van der Waals surface area contributed by atoms with Gasteiger partial charge in [0.15, 0.2) is 6.29 Å². The Morgan fingerprint density at radius 3 is 2.45 bits per heavy atom. The number of aliphatic hydroxyl groups is 5. The van der Waals surface area contributed by atoms with Crippen LogP contribution in [0, 0.1) is 0 Å². The van der Waals surface area contributed by atoms with Crippen LogP contribution in [-0.2, 0) is 19.0 Å². The van der Waals surface area contributed by atoms with Gasteiger partial charge in [0.05, 0.1) is 20.3 Å².